The molecular weight excluding hydrogens is 396 g/mol. The van der Waals surface area contributed by atoms with Crippen molar-refractivity contribution in [2.45, 2.75) is 26.2 Å². The lowest BCUT2D eigenvalue weighted by Crippen LogP contribution is -2.43. The van der Waals surface area contributed by atoms with Crippen molar-refractivity contribution in [3.63, 3.8) is 0 Å². The molecule has 2 rings (SSSR count). The minimum absolute atomic E-state index is 0. The Morgan fingerprint density at radius 1 is 1.50 bits per heavy atom. The van der Waals surface area contributed by atoms with E-state index in [-0.39, 0.29) is 35.5 Å². The van der Waals surface area contributed by atoms with E-state index in [9.17, 15) is 4.39 Å². The molecule has 22 heavy (non-hydrogen) atoms. The topological polar surface area (TPSA) is 50.9 Å². The van der Waals surface area contributed by atoms with Gasteiger partial charge in [0.15, 0.2) is 17.5 Å². The van der Waals surface area contributed by atoms with Crippen LogP contribution in [0.4, 0.5) is 4.39 Å². The summed E-state index contributed by atoms with van der Waals surface area (Å²) >= 11 is 0. The lowest BCUT2D eigenvalue weighted by atomic mass is 10.0. The van der Waals surface area contributed by atoms with Crippen LogP contribution in [-0.2, 0) is 6.42 Å². The van der Waals surface area contributed by atoms with Crippen LogP contribution in [-0.4, -0.2) is 37.6 Å². The van der Waals surface area contributed by atoms with Gasteiger partial charge < -0.3 is 15.4 Å². The number of benzene rings is 1. The van der Waals surface area contributed by atoms with Crippen molar-refractivity contribution < 1.29 is 9.13 Å². The molecule has 1 aromatic rings. The Balaban J connectivity index is 0.00000242. The van der Waals surface area contributed by atoms with Gasteiger partial charge in [0, 0.05) is 19.6 Å². The maximum absolute atomic E-state index is 13.3. The van der Waals surface area contributed by atoms with E-state index in [2.05, 4.69) is 16.8 Å². The summed E-state index contributed by atoms with van der Waals surface area (Å²) in [5, 5.41) is 0. The number of guanidine groups is 1. The molecule has 1 unspecified atom stereocenters. The highest BCUT2D eigenvalue weighted by molar-refractivity contribution is 14.0. The number of nitrogens with two attached hydrogens (primary N) is 1. The molecule has 2 N–H and O–H groups in total. The van der Waals surface area contributed by atoms with Crippen LogP contribution < -0.4 is 10.5 Å². The number of piperidine rings is 1. The van der Waals surface area contributed by atoms with Crippen LogP contribution in [0.2, 0.25) is 0 Å². The van der Waals surface area contributed by atoms with E-state index < -0.39 is 0 Å². The Kier molecular flexibility index (Phi) is 7.92. The number of hydrogen-bond acceptors (Lipinski definition) is 2. The SMILES string of the molecule is COc1cc(CCN=C(N)N2CCCC(C)C2)ccc1F.I. The number of rotatable bonds is 4. The van der Waals surface area contributed by atoms with Crippen LogP contribution in [0.15, 0.2) is 23.2 Å². The summed E-state index contributed by atoms with van der Waals surface area (Å²) in [5.74, 6) is 1.23. The number of methoxy groups -OCH3 is 1. The van der Waals surface area contributed by atoms with Crippen LogP contribution in [0.1, 0.15) is 25.3 Å². The summed E-state index contributed by atoms with van der Waals surface area (Å²) in [7, 11) is 1.47. The van der Waals surface area contributed by atoms with Gasteiger partial charge in [-0.25, -0.2) is 4.39 Å². The van der Waals surface area contributed by atoms with Gasteiger partial charge in [-0.1, -0.05) is 13.0 Å². The van der Waals surface area contributed by atoms with Gasteiger partial charge in [-0.2, -0.15) is 0 Å². The second-order valence-corrected chi connectivity index (χ2v) is 5.65. The summed E-state index contributed by atoms with van der Waals surface area (Å²) in [5.41, 5.74) is 7.04. The Morgan fingerprint density at radius 2 is 2.27 bits per heavy atom. The minimum Gasteiger partial charge on any atom is -0.494 e. The molecule has 0 aliphatic carbocycles. The number of nitrogens with zero attached hydrogens (tertiary/aromatic N) is 2. The summed E-state index contributed by atoms with van der Waals surface area (Å²) in [6.07, 6.45) is 3.16. The van der Waals surface area contributed by atoms with Crippen molar-refractivity contribution in [3.05, 3.63) is 29.6 Å². The molecule has 0 radical (unpaired) electrons. The molecule has 4 nitrogen and oxygen atoms in total. The third-order valence-corrected chi connectivity index (χ3v) is 3.87. The monoisotopic (exact) mass is 421 g/mol. The third kappa shape index (κ3) is 5.30. The Morgan fingerprint density at radius 3 is 2.95 bits per heavy atom. The van der Waals surface area contributed by atoms with Crippen molar-refractivity contribution in [2.24, 2.45) is 16.6 Å². The van der Waals surface area contributed by atoms with E-state index >= 15 is 0 Å². The molecule has 0 bridgehead atoms. The second kappa shape index (κ2) is 9.17. The molecule has 1 saturated heterocycles. The Labute approximate surface area is 148 Å². The Bertz CT molecular complexity index is 510. The Hall–Kier alpha value is -1.05. The standard InChI is InChI=1S/C16H24FN3O.HI/c1-12-4-3-9-20(11-12)16(18)19-8-7-13-5-6-14(17)15(10-13)21-2;/h5-6,10,12H,3-4,7-9,11H2,1-2H3,(H2,18,19);1H. The minimum atomic E-state index is -0.341. The first kappa shape index (κ1) is 19.0. The first-order chi connectivity index (χ1) is 10.1. The molecule has 1 fully saturated rings. The second-order valence-electron chi connectivity index (χ2n) is 5.65. The van der Waals surface area contributed by atoms with Crippen LogP contribution in [0.3, 0.4) is 0 Å². The number of likely N-dealkylation sites (tertiary alicyclic amines) is 1. The third-order valence-electron chi connectivity index (χ3n) is 3.87. The normalized spacial score (nSPS) is 18.8. The fourth-order valence-electron chi connectivity index (χ4n) is 2.66. The summed E-state index contributed by atoms with van der Waals surface area (Å²) < 4.78 is 18.3. The van der Waals surface area contributed by atoms with Gasteiger partial charge in [0.25, 0.3) is 0 Å². The van der Waals surface area contributed by atoms with E-state index in [0.717, 1.165) is 25.1 Å². The highest BCUT2D eigenvalue weighted by Crippen LogP contribution is 2.18. The van der Waals surface area contributed by atoms with Crippen LogP contribution >= 0.6 is 24.0 Å². The largest absolute Gasteiger partial charge is 0.494 e. The summed E-state index contributed by atoms with van der Waals surface area (Å²) in [6, 6.07) is 4.89. The molecule has 1 heterocycles. The first-order valence-electron chi connectivity index (χ1n) is 7.47. The van der Waals surface area contributed by atoms with E-state index in [1.54, 1.807) is 12.1 Å². The lowest BCUT2D eigenvalue weighted by Gasteiger charge is -2.31. The van der Waals surface area contributed by atoms with Gasteiger partial charge in [-0.05, 0) is 42.9 Å². The van der Waals surface area contributed by atoms with Crippen molar-refractivity contribution in [2.75, 3.05) is 26.7 Å². The molecule has 0 amide bonds. The molecule has 124 valence electrons. The van der Waals surface area contributed by atoms with Gasteiger partial charge in [0.1, 0.15) is 0 Å². The molecule has 0 spiro atoms. The smallest absolute Gasteiger partial charge is 0.191 e. The fourth-order valence-corrected chi connectivity index (χ4v) is 2.66. The summed E-state index contributed by atoms with van der Waals surface area (Å²) in [4.78, 5) is 6.59. The maximum atomic E-state index is 13.3. The molecule has 0 aromatic heterocycles. The van der Waals surface area contributed by atoms with Gasteiger partial charge in [-0.15, -0.1) is 24.0 Å². The predicted octanol–water partition coefficient (Wildman–Crippen LogP) is 3.04. The molecule has 0 saturated carbocycles. The molecule has 1 aliphatic heterocycles. The van der Waals surface area contributed by atoms with E-state index in [1.807, 2.05) is 0 Å². The zero-order valence-electron chi connectivity index (χ0n) is 13.2. The van der Waals surface area contributed by atoms with Gasteiger partial charge in [0.05, 0.1) is 7.11 Å². The number of aliphatic imine (C=N–C) groups is 1. The summed E-state index contributed by atoms with van der Waals surface area (Å²) in [6.45, 7) is 4.82. The van der Waals surface area contributed by atoms with Gasteiger partial charge in [0.2, 0.25) is 0 Å². The average Bonchev–Trinajstić information content (AvgIpc) is 2.48. The van der Waals surface area contributed by atoms with Crippen molar-refractivity contribution in [3.8, 4) is 5.75 Å². The zero-order valence-corrected chi connectivity index (χ0v) is 15.5. The average molecular weight is 421 g/mol. The number of halogens is 2. The molecule has 6 heteroatoms. The van der Waals surface area contributed by atoms with E-state index in [4.69, 9.17) is 10.5 Å². The molecule has 1 aromatic carbocycles. The first-order valence-corrected chi connectivity index (χ1v) is 7.47. The highest BCUT2D eigenvalue weighted by Gasteiger charge is 2.17. The van der Waals surface area contributed by atoms with Crippen LogP contribution in [0.5, 0.6) is 5.75 Å². The van der Waals surface area contributed by atoms with Crippen molar-refractivity contribution in [1.29, 1.82) is 0 Å². The predicted molar refractivity (Wildman–Crippen MR) is 98.5 cm³/mol. The highest BCUT2D eigenvalue weighted by atomic mass is 127. The van der Waals surface area contributed by atoms with Gasteiger partial charge >= 0.3 is 0 Å². The number of hydrogen-bond donors (Lipinski definition) is 1. The zero-order chi connectivity index (χ0) is 15.2. The van der Waals surface area contributed by atoms with Crippen LogP contribution in [0.25, 0.3) is 0 Å². The van der Waals surface area contributed by atoms with E-state index in [0.29, 0.717) is 18.4 Å². The lowest BCUT2D eigenvalue weighted by molar-refractivity contribution is 0.270. The van der Waals surface area contributed by atoms with Gasteiger partial charge in [-0.3, -0.25) is 4.99 Å². The fraction of sp³-hybridized carbons (Fsp3) is 0.562. The number of ether oxygens (including phenoxy) is 1. The van der Waals surface area contributed by atoms with Crippen molar-refractivity contribution >= 4 is 29.9 Å². The molecule has 1 aliphatic rings. The van der Waals surface area contributed by atoms with E-state index in [1.165, 1.54) is 26.0 Å². The quantitative estimate of drug-likeness (QED) is 0.462. The molecular formula is C16H25FIN3O. The van der Waals surface area contributed by atoms with Crippen LogP contribution in [0, 0.1) is 11.7 Å². The maximum Gasteiger partial charge on any atom is 0.191 e. The molecule has 1 atom stereocenters. The van der Waals surface area contributed by atoms with Crippen molar-refractivity contribution in [1.82, 2.24) is 4.90 Å².